The highest BCUT2D eigenvalue weighted by Crippen LogP contribution is 2.44. The maximum atomic E-state index is 14.2. The molecule has 0 saturated carbocycles. The minimum Gasteiger partial charge on any atom is -0.493 e. The second-order valence-corrected chi connectivity index (χ2v) is 11.1. The van der Waals surface area contributed by atoms with Gasteiger partial charge in [-0.05, 0) is 73.4 Å². The summed E-state index contributed by atoms with van der Waals surface area (Å²) >= 11 is 0. The van der Waals surface area contributed by atoms with Gasteiger partial charge in [0.1, 0.15) is 0 Å². The summed E-state index contributed by atoms with van der Waals surface area (Å²) in [7, 11) is -1.05. The molecular weight excluding hydrogens is 515 g/mol. The van der Waals surface area contributed by atoms with E-state index >= 15 is 0 Å². The van der Waals surface area contributed by atoms with Gasteiger partial charge in [0.25, 0.3) is 0 Å². The third kappa shape index (κ3) is 5.38. The highest BCUT2D eigenvalue weighted by Gasteiger charge is 2.36. The van der Waals surface area contributed by atoms with Crippen LogP contribution >= 0.6 is 0 Å². The zero-order chi connectivity index (χ0) is 27.7. The van der Waals surface area contributed by atoms with E-state index < -0.39 is 27.5 Å². The smallest absolute Gasteiger partial charge is 0.416 e. The van der Waals surface area contributed by atoms with E-state index in [1.165, 1.54) is 26.4 Å². The normalized spacial score (nSPS) is 17.6. The number of fused-ring (bicyclic) bond motifs is 1. The average molecular weight is 546 g/mol. The number of likely N-dealkylation sites (N-methyl/N-ethyl adjacent to an activating group) is 1. The molecule has 9 heteroatoms. The molecule has 3 aromatic carbocycles. The molecule has 0 bridgehead atoms. The summed E-state index contributed by atoms with van der Waals surface area (Å²) in [5, 5.41) is 0. The van der Waals surface area contributed by atoms with Crippen LogP contribution in [0.4, 0.5) is 13.2 Å². The maximum absolute atomic E-state index is 14.2. The number of hydrogen-bond donors (Lipinski definition) is 0. The lowest BCUT2D eigenvalue weighted by molar-refractivity contribution is -0.137. The molecule has 1 aliphatic rings. The number of aryl methyl sites for hydroxylation is 1. The molecule has 1 unspecified atom stereocenters. The molecule has 38 heavy (non-hydrogen) atoms. The highest BCUT2D eigenvalue weighted by molar-refractivity contribution is 7.95. The van der Waals surface area contributed by atoms with E-state index in [0.717, 1.165) is 23.3 Å². The Morgan fingerprint density at radius 1 is 0.947 bits per heavy atom. The Labute approximate surface area is 221 Å². The second kappa shape index (κ2) is 10.7. The van der Waals surface area contributed by atoms with Gasteiger partial charge >= 0.3 is 6.18 Å². The van der Waals surface area contributed by atoms with Crippen LogP contribution in [0.5, 0.6) is 11.5 Å². The van der Waals surface area contributed by atoms with E-state index in [-0.39, 0.29) is 9.80 Å². The molecule has 5 nitrogen and oxygen atoms in total. The fourth-order valence-electron chi connectivity index (χ4n) is 4.69. The van der Waals surface area contributed by atoms with Crippen molar-refractivity contribution in [3.8, 4) is 11.5 Å². The van der Waals surface area contributed by atoms with Crippen molar-refractivity contribution >= 4 is 9.84 Å². The number of methoxy groups -OCH3 is 2. The molecule has 1 atom stereocenters. The fraction of sp³-hybridized carbons (Fsp3) is 0.310. The molecule has 3 aromatic rings. The first kappa shape index (κ1) is 27.6. The van der Waals surface area contributed by atoms with Crippen molar-refractivity contribution in [2.75, 3.05) is 27.3 Å². The van der Waals surface area contributed by atoms with Crippen molar-refractivity contribution in [3.05, 3.63) is 99.6 Å². The van der Waals surface area contributed by atoms with Gasteiger partial charge in [-0.25, -0.2) is 8.42 Å². The Morgan fingerprint density at radius 2 is 1.55 bits per heavy atom. The van der Waals surface area contributed by atoms with Crippen LogP contribution in [0.2, 0.25) is 0 Å². The van der Waals surface area contributed by atoms with Gasteiger partial charge in [0.05, 0.1) is 29.6 Å². The molecular formula is C29H30F3NO4S. The second-order valence-electron chi connectivity index (χ2n) is 9.19. The van der Waals surface area contributed by atoms with Crippen LogP contribution in [0.1, 0.15) is 40.7 Å². The molecule has 4 rings (SSSR count). The van der Waals surface area contributed by atoms with E-state index in [0.29, 0.717) is 42.1 Å². The van der Waals surface area contributed by atoms with Crippen molar-refractivity contribution in [2.24, 2.45) is 0 Å². The molecule has 1 heterocycles. The number of hydrogen-bond acceptors (Lipinski definition) is 5. The van der Waals surface area contributed by atoms with Gasteiger partial charge < -0.3 is 14.4 Å². The first-order valence-corrected chi connectivity index (χ1v) is 13.7. The number of nitrogens with zero attached hydrogens (tertiary/aromatic N) is 1. The number of sulfone groups is 1. The molecule has 0 aliphatic carbocycles. The third-order valence-electron chi connectivity index (χ3n) is 6.84. The molecule has 202 valence electrons. The van der Waals surface area contributed by atoms with Gasteiger partial charge in [0.15, 0.2) is 11.5 Å². The number of benzene rings is 3. The van der Waals surface area contributed by atoms with E-state index in [1.807, 2.05) is 24.8 Å². The minimum atomic E-state index is -4.51. The Morgan fingerprint density at radius 3 is 2.11 bits per heavy atom. The largest absolute Gasteiger partial charge is 0.493 e. The monoisotopic (exact) mass is 545 g/mol. The molecule has 0 aromatic heterocycles. The molecule has 0 N–H and O–H groups in total. The van der Waals surface area contributed by atoms with Gasteiger partial charge in [-0.1, -0.05) is 29.8 Å². The van der Waals surface area contributed by atoms with Crippen molar-refractivity contribution in [1.29, 1.82) is 0 Å². The SMILES string of the molecule is CCN1/C=C(/S(=O)(=O)c2ccc(C)cc2)C(c2ccc(C(F)(F)F)cc2)c2cc(OC)c(OC)cc2CC1. The predicted octanol–water partition coefficient (Wildman–Crippen LogP) is 6.36. The van der Waals surface area contributed by atoms with Crippen LogP contribution in [0.25, 0.3) is 0 Å². The van der Waals surface area contributed by atoms with E-state index in [4.69, 9.17) is 9.47 Å². The average Bonchev–Trinajstić information content (AvgIpc) is 2.88. The Hall–Kier alpha value is -3.46. The maximum Gasteiger partial charge on any atom is 0.416 e. The van der Waals surface area contributed by atoms with Crippen LogP contribution < -0.4 is 9.47 Å². The first-order valence-electron chi connectivity index (χ1n) is 12.2. The van der Waals surface area contributed by atoms with Crippen molar-refractivity contribution < 1.29 is 31.1 Å². The van der Waals surface area contributed by atoms with Gasteiger partial charge in [-0.3, -0.25) is 0 Å². The van der Waals surface area contributed by atoms with Gasteiger partial charge in [0, 0.05) is 25.2 Å². The summed E-state index contributed by atoms with van der Waals surface area (Å²) in [5.41, 5.74) is 2.00. The van der Waals surface area contributed by atoms with Crippen LogP contribution in [-0.4, -0.2) is 40.6 Å². The lowest BCUT2D eigenvalue weighted by Crippen LogP contribution is -2.27. The summed E-state index contributed by atoms with van der Waals surface area (Å²) in [5.74, 6) is 0.0175. The van der Waals surface area contributed by atoms with Gasteiger partial charge in [-0.2, -0.15) is 13.2 Å². The van der Waals surface area contributed by atoms with E-state index in [2.05, 4.69) is 0 Å². The summed E-state index contributed by atoms with van der Waals surface area (Å²) in [6.07, 6.45) is -2.30. The number of alkyl halides is 3. The molecule has 0 amide bonds. The molecule has 0 fully saturated rings. The molecule has 0 radical (unpaired) electrons. The minimum absolute atomic E-state index is 0.0798. The highest BCUT2D eigenvalue weighted by atomic mass is 32.2. The summed E-state index contributed by atoms with van der Waals surface area (Å²) in [6.45, 7) is 4.89. The van der Waals surface area contributed by atoms with Crippen molar-refractivity contribution in [2.45, 2.75) is 37.3 Å². The van der Waals surface area contributed by atoms with Gasteiger partial charge in [-0.15, -0.1) is 0 Å². The van der Waals surface area contributed by atoms with Crippen LogP contribution in [-0.2, 0) is 22.4 Å². The lowest BCUT2D eigenvalue weighted by atomic mass is 9.85. The fourth-order valence-corrected chi connectivity index (χ4v) is 6.32. The van der Waals surface area contributed by atoms with Gasteiger partial charge in [0.2, 0.25) is 9.84 Å². The Kier molecular flexibility index (Phi) is 7.78. The zero-order valence-electron chi connectivity index (χ0n) is 21.7. The topological polar surface area (TPSA) is 55.8 Å². The van der Waals surface area contributed by atoms with E-state index in [9.17, 15) is 21.6 Å². The van der Waals surface area contributed by atoms with Crippen molar-refractivity contribution in [3.63, 3.8) is 0 Å². The summed E-state index contributed by atoms with van der Waals surface area (Å²) in [4.78, 5) is 2.11. The van der Waals surface area contributed by atoms with Crippen LogP contribution in [0.15, 0.2) is 76.7 Å². The number of rotatable bonds is 6. The summed E-state index contributed by atoms with van der Waals surface area (Å²) in [6, 6.07) is 14.8. The number of allylic oxidation sites excluding steroid dienone is 1. The zero-order valence-corrected chi connectivity index (χ0v) is 22.5. The standard InChI is InChI=1S/C29H30F3NO4S/c1-5-33-15-14-21-16-25(36-3)26(37-4)17-24(21)28(20-8-10-22(11-9-20)29(30,31)32)27(18-33)38(34,35)23-12-6-19(2)7-13-23/h6-13,16-18,28H,5,14-15H2,1-4H3/b27-18+. The first-order chi connectivity index (χ1) is 18.0. The van der Waals surface area contributed by atoms with Crippen LogP contribution in [0, 0.1) is 6.92 Å². The Balaban J connectivity index is 2.03. The number of halogens is 3. The van der Waals surface area contributed by atoms with Crippen LogP contribution in [0.3, 0.4) is 0 Å². The molecule has 0 saturated heterocycles. The molecule has 1 aliphatic heterocycles. The van der Waals surface area contributed by atoms with E-state index in [1.54, 1.807) is 36.5 Å². The number of ether oxygens (including phenoxy) is 2. The third-order valence-corrected chi connectivity index (χ3v) is 8.69. The summed E-state index contributed by atoms with van der Waals surface area (Å²) < 4.78 is 79.5. The van der Waals surface area contributed by atoms with Crippen molar-refractivity contribution in [1.82, 2.24) is 4.90 Å². The molecule has 0 spiro atoms. The lowest BCUT2D eigenvalue weighted by Gasteiger charge is -2.31. The Bertz CT molecular complexity index is 1430. The predicted molar refractivity (Wildman–Crippen MR) is 140 cm³/mol. The quantitative estimate of drug-likeness (QED) is 0.361.